The van der Waals surface area contributed by atoms with Gasteiger partial charge in [-0.1, -0.05) is 18.2 Å². The predicted octanol–water partition coefficient (Wildman–Crippen LogP) is 2.62. The Morgan fingerprint density at radius 2 is 1.74 bits per heavy atom. The highest BCUT2D eigenvalue weighted by Gasteiger charge is 2.26. The van der Waals surface area contributed by atoms with E-state index < -0.39 is 33.1 Å². The van der Waals surface area contributed by atoms with E-state index in [1.165, 1.54) is 50.2 Å². The summed E-state index contributed by atoms with van der Waals surface area (Å²) in [6.45, 7) is 2.84. The minimum Gasteiger partial charge on any atom is -0.451 e. The van der Waals surface area contributed by atoms with Gasteiger partial charge in [-0.25, -0.2) is 8.42 Å². The minimum atomic E-state index is -3.90. The van der Waals surface area contributed by atoms with Gasteiger partial charge in [0.05, 0.1) is 9.82 Å². The molecule has 1 N–H and O–H groups in total. The lowest BCUT2D eigenvalue weighted by atomic mass is 10.2. The average Bonchev–Trinajstić information content (AvgIpc) is 3.24. The third-order valence-corrected chi connectivity index (χ3v) is 5.70. The van der Waals surface area contributed by atoms with Crippen LogP contribution in [0.3, 0.4) is 0 Å². The Hall–Kier alpha value is -3.64. The van der Waals surface area contributed by atoms with Gasteiger partial charge >= 0.3 is 5.97 Å². The second kappa shape index (κ2) is 9.02. The Morgan fingerprint density at radius 3 is 2.35 bits per heavy atom. The van der Waals surface area contributed by atoms with Crippen LogP contribution in [0.4, 0.5) is 5.69 Å². The standard InChI is InChI=1S/C19H18N4O7S/c1-12(22-31(27,28)16-6-4-3-5-7-16)19(24)29-13(2)17-20-21-18(30-17)14-8-10-15(11-9-14)23(25)26/h3-13,22H,1-2H3/t12-,13?/m0/s1. The molecule has 1 unspecified atom stereocenters. The van der Waals surface area contributed by atoms with Crippen molar-refractivity contribution < 1.29 is 27.3 Å². The van der Waals surface area contributed by atoms with E-state index >= 15 is 0 Å². The molecule has 0 aliphatic rings. The second-order valence-corrected chi connectivity index (χ2v) is 8.20. The molecule has 0 radical (unpaired) electrons. The van der Waals surface area contributed by atoms with Crippen LogP contribution in [0.5, 0.6) is 0 Å². The van der Waals surface area contributed by atoms with E-state index in [9.17, 15) is 23.3 Å². The monoisotopic (exact) mass is 446 g/mol. The Labute approximate surface area is 177 Å². The molecule has 1 heterocycles. The van der Waals surface area contributed by atoms with Crippen LogP contribution in [0.25, 0.3) is 11.5 Å². The van der Waals surface area contributed by atoms with Crippen LogP contribution in [0.15, 0.2) is 63.9 Å². The summed E-state index contributed by atoms with van der Waals surface area (Å²) in [5.74, 6) is -0.757. The molecule has 0 saturated carbocycles. The first-order valence-electron chi connectivity index (χ1n) is 9.03. The summed E-state index contributed by atoms with van der Waals surface area (Å²) in [7, 11) is -3.90. The number of hydrogen-bond donors (Lipinski definition) is 1. The van der Waals surface area contributed by atoms with Gasteiger partial charge in [-0.15, -0.1) is 10.2 Å². The number of nitro groups is 1. The lowest BCUT2D eigenvalue weighted by molar-refractivity contribution is -0.384. The summed E-state index contributed by atoms with van der Waals surface area (Å²) in [6.07, 6.45) is -0.949. The highest BCUT2D eigenvalue weighted by atomic mass is 32.2. The molecule has 0 aliphatic carbocycles. The Morgan fingerprint density at radius 1 is 1.10 bits per heavy atom. The number of aromatic nitrogens is 2. The van der Waals surface area contributed by atoms with E-state index in [0.717, 1.165) is 0 Å². The fraction of sp³-hybridized carbons (Fsp3) is 0.211. The van der Waals surface area contributed by atoms with E-state index in [1.807, 2.05) is 0 Å². The number of sulfonamides is 1. The number of carbonyl (C=O) groups is 1. The van der Waals surface area contributed by atoms with Gasteiger partial charge in [-0.05, 0) is 38.1 Å². The van der Waals surface area contributed by atoms with Crippen LogP contribution in [-0.2, 0) is 19.6 Å². The Balaban J connectivity index is 1.64. The van der Waals surface area contributed by atoms with Crippen LogP contribution in [0, 0.1) is 10.1 Å². The van der Waals surface area contributed by atoms with Gasteiger partial charge in [-0.2, -0.15) is 4.72 Å². The predicted molar refractivity (Wildman–Crippen MR) is 107 cm³/mol. The lowest BCUT2D eigenvalue weighted by Gasteiger charge is -2.16. The van der Waals surface area contributed by atoms with E-state index in [1.54, 1.807) is 18.2 Å². The highest BCUT2D eigenvalue weighted by Crippen LogP contribution is 2.24. The molecule has 3 aromatic rings. The van der Waals surface area contributed by atoms with Crippen molar-refractivity contribution in [1.82, 2.24) is 14.9 Å². The number of carbonyl (C=O) groups excluding carboxylic acids is 1. The first kappa shape index (κ1) is 22.1. The third kappa shape index (κ3) is 5.29. The highest BCUT2D eigenvalue weighted by molar-refractivity contribution is 7.89. The molecule has 2 atom stereocenters. The summed E-state index contributed by atoms with van der Waals surface area (Å²) in [5.41, 5.74) is 0.365. The lowest BCUT2D eigenvalue weighted by Crippen LogP contribution is -2.39. The zero-order valence-corrected chi connectivity index (χ0v) is 17.3. The molecule has 31 heavy (non-hydrogen) atoms. The molecule has 12 heteroatoms. The molecule has 0 aliphatic heterocycles. The summed E-state index contributed by atoms with van der Waals surface area (Å²) >= 11 is 0. The minimum absolute atomic E-state index is 0.0141. The summed E-state index contributed by atoms with van der Waals surface area (Å²) in [4.78, 5) is 22.5. The topological polar surface area (TPSA) is 155 Å². The van der Waals surface area contributed by atoms with E-state index in [0.29, 0.717) is 5.56 Å². The van der Waals surface area contributed by atoms with Crippen molar-refractivity contribution >= 4 is 21.7 Å². The first-order valence-corrected chi connectivity index (χ1v) is 10.5. The van der Waals surface area contributed by atoms with Crippen molar-refractivity contribution in [3.8, 4) is 11.5 Å². The van der Waals surface area contributed by atoms with E-state index in [2.05, 4.69) is 14.9 Å². The normalized spacial score (nSPS) is 13.4. The van der Waals surface area contributed by atoms with Crippen molar-refractivity contribution in [2.75, 3.05) is 0 Å². The maximum atomic E-state index is 12.3. The van der Waals surface area contributed by atoms with Crippen LogP contribution < -0.4 is 4.72 Å². The third-order valence-electron chi connectivity index (χ3n) is 4.15. The fourth-order valence-corrected chi connectivity index (χ4v) is 3.73. The molecule has 162 valence electrons. The molecule has 0 fully saturated rings. The average molecular weight is 446 g/mol. The summed E-state index contributed by atoms with van der Waals surface area (Å²) < 4.78 is 37.6. The number of ether oxygens (including phenoxy) is 1. The molecular weight excluding hydrogens is 428 g/mol. The zero-order valence-electron chi connectivity index (χ0n) is 16.5. The number of esters is 1. The quantitative estimate of drug-likeness (QED) is 0.312. The molecule has 3 rings (SSSR count). The van der Waals surface area contributed by atoms with Crippen molar-refractivity contribution in [3.63, 3.8) is 0 Å². The van der Waals surface area contributed by atoms with Crippen LogP contribution in [0.1, 0.15) is 25.8 Å². The SMILES string of the molecule is CC(OC(=O)[C@H](C)NS(=O)(=O)c1ccccc1)c1nnc(-c2ccc([N+](=O)[O-])cc2)o1. The van der Waals surface area contributed by atoms with Crippen molar-refractivity contribution in [1.29, 1.82) is 0 Å². The molecule has 11 nitrogen and oxygen atoms in total. The van der Waals surface area contributed by atoms with Gasteiger partial charge in [0.2, 0.25) is 15.9 Å². The van der Waals surface area contributed by atoms with Crippen molar-refractivity contribution in [3.05, 3.63) is 70.6 Å². The zero-order chi connectivity index (χ0) is 22.6. The van der Waals surface area contributed by atoms with Gasteiger partial charge in [0.25, 0.3) is 11.6 Å². The molecule has 0 bridgehead atoms. The van der Waals surface area contributed by atoms with Gasteiger partial charge in [0.1, 0.15) is 6.04 Å². The van der Waals surface area contributed by atoms with Gasteiger partial charge in [0, 0.05) is 17.7 Å². The smallest absolute Gasteiger partial charge is 0.324 e. The van der Waals surface area contributed by atoms with Gasteiger partial charge in [0.15, 0.2) is 6.10 Å². The maximum Gasteiger partial charge on any atom is 0.324 e. The number of nitrogens with zero attached hydrogens (tertiary/aromatic N) is 3. The number of hydrogen-bond acceptors (Lipinski definition) is 9. The number of rotatable bonds is 8. The Kier molecular flexibility index (Phi) is 6.42. The Bertz CT molecular complexity index is 1180. The van der Waals surface area contributed by atoms with Crippen molar-refractivity contribution in [2.45, 2.75) is 30.9 Å². The van der Waals surface area contributed by atoms with Gasteiger partial charge < -0.3 is 9.15 Å². The van der Waals surface area contributed by atoms with Gasteiger partial charge in [-0.3, -0.25) is 14.9 Å². The fourth-order valence-electron chi connectivity index (χ4n) is 2.52. The number of non-ortho nitro benzene ring substituents is 1. The summed E-state index contributed by atoms with van der Waals surface area (Å²) in [6, 6.07) is 11.9. The number of nitrogens with one attached hydrogen (secondary N) is 1. The maximum absolute atomic E-state index is 12.3. The van der Waals surface area contributed by atoms with E-state index in [-0.39, 0.29) is 22.4 Å². The molecule has 1 aromatic heterocycles. The molecular formula is C19H18N4O7S. The van der Waals surface area contributed by atoms with Crippen LogP contribution in [0.2, 0.25) is 0 Å². The van der Waals surface area contributed by atoms with Crippen LogP contribution in [-0.4, -0.2) is 35.5 Å². The molecule has 0 amide bonds. The van der Waals surface area contributed by atoms with E-state index in [4.69, 9.17) is 9.15 Å². The number of nitro benzene ring substituents is 1. The first-order chi connectivity index (χ1) is 14.7. The summed E-state index contributed by atoms with van der Waals surface area (Å²) in [5, 5.41) is 18.4. The second-order valence-electron chi connectivity index (χ2n) is 6.48. The molecule has 2 aromatic carbocycles. The van der Waals surface area contributed by atoms with Crippen LogP contribution >= 0.6 is 0 Å². The number of benzene rings is 2. The molecule has 0 saturated heterocycles. The molecule has 0 spiro atoms. The van der Waals surface area contributed by atoms with Crippen molar-refractivity contribution in [2.24, 2.45) is 0 Å². The largest absolute Gasteiger partial charge is 0.451 e.